The number of hydrogen-bond donors (Lipinski definition) is 1. The van der Waals surface area contributed by atoms with Gasteiger partial charge >= 0.3 is 0 Å². The predicted molar refractivity (Wildman–Crippen MR) is 71.2 cm³/mol. The second-order valence-electron chi connectivity index (χ2n) is 3.59. The van der Waals surface area contributed by atoms with Crippen molar-refractivity contribution in [3.8, 4) is 6.07 Å². The molecule has 19 heavy (non-hydrogen) atoms. The molecule has 0 fully saturated rings. The highest BCUT2D eigenvalue weighted by atomic mass is 35.5. The molecule has 0 amide bonds. The highest BCUT2D eigenvalue weighted by Crippen LogP contribution is 2.21. The third-order valence-corrected chi connectivity index (χ3v) is 4.01. The molecule has 1 aromatic carbocycles. The van der Waals surface area contributed by atoms with Crippen LogP contribution in [0.3, 0.4) is 0 Å². The Morgan fingerprint density at radius 2 is 1.89 bits per heavy atom. The van der Waals surface area contributed by atoms with Gasteiger partial charge in [-0.05, 0) is 30.3 Å². The van der Waals surface area contributed by atoms with Gasteiger partial charge in [0.25, 0.3) is 10.0 Å². The van der Waals surface area contributed by atoms with Crippen LogP contribution >= 0.6 is 11.6 Å². The molecule has 7 heteroatoms. The zero-order valence-electron chi connectivity index (χ0n) is 9.54. The fourth-order valence-electron chi connectivity index (χ4n) is 1.39. The minimum atomic E-state index is -3.75. The molecule has 0 spiro atoms. The Balaban J connectivity index is 2.38. The first-order chi connectivity index (χ1) is 9.03. The van der Waals surface area contributed by atoms with Crippen LogP contribution in [0.1, 0.15) is 5.56 Å². The fraction of sp³-hybridized carbons (Fsp3) is 0. The van der Waals surface area contributed by atoms with Crippen LogP contribution in [0.5, 0.6) is 0 Å². The quantitative estimate of drug-likeness (QED) is 0.942. The summed E-state index contributed by atoms with van der Waals surface area (Å²) < 4.78 is 26.6. The summed E-state index contributed by atoms with van der Waals surface area (Å²) in [5.74, 6) is 0. The van der Waals surface area contributed by atoms with E-state index in [0.717, 1.165) is 0 Å². The van der Waals surface area contributed by atoms with Gasteiger partial charge in [0, 0.05) is 12.4 Å². The molecule has 1 heterocycles. The van der Waals surface area contributed by atoms with E-state index < -0.39 is 10.0 Å². The van der Waals surface area contributed by atoms with Crippen molar-refractivity contribution >= 4 is 27.3 Å². The Morgan fingerprint density at radius 3 is 2.53 bits per heavy atom. The molecular weight excluding hydrogens is 286 g/mol. The normalized spacial score (nSPS) is 10.7. The monoisotopic (exact) mass is 293 g/mol. The molecule has 0 unspecified atom stereocenters. The van der Waals surface area contributed by atoms with E-state index in [1.54, 1.807) is 0 Å². The van der Waals surface area contributed by atoms with Crippen molar-refractivity contribution < 1.29 is 8.42 Å². The topological polar surface area (TPSA) is 82.8 Å². The van der Waals surface area contributed by atoms with Crippen molar-refractivity contribution in [2.24, 2.45) is 0 Å². The van der Waals surface area contributed by atoms with Crippen molar-refractivity contribution in [1.82, 2.24) is 4.98 Å². The molecule has 0 bridgehead atoms. The van der Waals surface area contributed by atoms with E-state index in [0.29, 0.717) is 5.69 Å². The zero-order valence-corrected chi connectivity index (χ0v) is 11.1. The lowest BCUT2D eigenvalue weighted by Crippen LogP contribution is -2.13. The summed E-state index contributed by atoms with van der Waals surface area (Å²) in [5, 5.41) is 9.05. The van der Waals surface area contributed by atoms with Crippen LogP contribution in [0.25, 0.3) is 0 Å². The Labute approximate surface area is 115 Å². The van der Waals surface area contributed by atoms with Gasteiger partial charge in [0.2, 0.25) is 0 Å². The molecule has 0 saturated heterocycles. The highest BCUT2D eigenvalue weighted by Gasteiger charge is 2.15. The van der Waals surface area contributed by atoms with Gasteiger partial charge in [0.05, 0.1) is 21.2 Å². The lowest BCUT2D eigenvalue weighted by Gasteiger charge is -2.08. The standard InChI is InChI=1S/C12H8ClN3O2S/c13-12-2-1-11(7-9(12)8-14)19(17,18)16-10-3-5-15-6-4-10/h1-7H,(H,15,16). The van der Waals surface area contributed by atoms with E-state index in [-0.39, 0.29) is 15.5 Å². The summed E-state index contributed by atoms with van der Waals surface area (Å²) in [6, 6.07) is 8.83. The number of rotatable bonds is 3. The van der Waals surface area contributed by atoms with Gasteiger partial charge in [-0.15, -0.1) is 0 Å². The third-order valence-electron chi connectivity index (χ3n) is 2.30. The first kappa shape index (κ1) is 13.3. The van der Waals surface area contributed by atoms with Crippen molar-refractivity contribution in [2.75, 3.05) is 4.72 Å². The maximum Gasteiger partial charge on any atom is 0.261 e. The van der Waals surface area contributed by atoms with E-state index in [9.17, 15) is 8.42 Å². The molecule has 1 N–H and O–H groups in total. The number of hydrogen-bond acceptors (Lipinski definition) is 4. The summed E-state index contributed by atoms with van der Waals surface area (Å²) in [5.41, 5.74) is 0.503. The Bertz CT molecular complexity index is 739. The first-order valence-electron chi connectivity index (χ1n) is 5.15. The molecule has 2 aromatic rings. The van der Waals surface area contributed by atoms with E-state index in [4.69, 9.17) is 16.9 Å². The van der Waals surface area contributed by atoms with Gasteiger partial charge < -0.3 is 0 Å². The van der Waals surface area contributed by atoms with Crippen molar-refractivity contribution in [3.63, 3.8) is 0 Å². The second kappa shape index (κ2) is 5.26. The summed E-state index contributed by atoms with van der Waals surface area (Å²) in [6.07, 6.45) is 2.95. The van der Waals surface area contributed by atoms with Gasteiger partial charge in [-0.3, -0.25) is 9.71 Å². The number of sulfonamides is 1. The Hall–Kier alpha value is -2.10. The number of nitrogens with zero attached hydrogens (tertiary/aromatic N) is 2. The minimum Gasteiger partial charge on any atom is -0.280 e. The number of aromatic nitrogens is 1. The van der Waals surface area contributed by atoms with E-state index in [1.165, 1.54) is 42.7 Å². The molecule has 0 aliphatic heterocycles. The molecular formula is C12H8ClN3O2S. The predicted octanol–water partition coefficient (Wildman–Crippen LogP) is 2.41. The molecule has 0 aliphatic carbocycles. The first-order valence-corrected chi connectivity index (χ1v) is 7.01. The van der Waals surface area contributed by atoms with Crippen molar-refractivity contribution in [1.29, 1.82) is 5.26 Å². The maximum atomic E-state index is 12.1. The number of halogens is 1. The molecule has 0 aliphatic rings. The van der Waals surface area contributed by atoms with Crippen LogP contribution in [0.15, 0.2) is 47.6 Å². The Kier molecular flexibility index (Phi) is 3.69. The summed E-state index contributed by atoms with van der Waals surface area (Å²) in [4.78, 5) is 3.77. The molecule has 0 atom stereocenters. The number of nitriles is 1. The highest BCUT2D eigenvalue weighted by molar-refractivity contribution is 7.92. The largest absolute Gasteiger partial charge is 0.280 e. The molecule has 0 radical (unpaired) electrons. The van der Waals surface area contributed by atoms with E-state index in [1.807, 2.05) is 6.07 Å². The molecule has 0 saturated carbocycles. The number of pyridine rings is 1. The minimum absolute atomic E-state index is 0.0229. The van der Waals surface area contributed by atoms with Crippen LogP contribution in [0.4, 0.5) is 5.69 Å². The SMILES string of the molecule is N#Cc1cc(S(=O)(=O)Nc2ccncc2)ccc1Cl. The van der Waals surface area contributed by atoms with Gasteiger partial charge in [-0.2, -0.15) is 5.26 Å². The van der Waals surface area contributed by atoms with Gasteiger partial charge in [0.15, 0.2) is 0 Å². The van der Waals surface area contributed by atoms with E-state index in [2.05, 4.69) is 9.71 Å². The second-order valence-corrected chi connectivity index (χ2v) is 5.68. The van der Waals surface area contributed by atoms with E-state index >= 15 is 0 Å². The van der Waals surface area contributed by atoms with Crippen LogP contribution < -0.4 is 4.72 Å². The summed E-state index contributed by atoms with van der Waals surface area (Å²) in [7, 11) is -3.75. The van der Waals surface area contributed by atoms with Gasteiger partial charge in [0.1, 0.15) is 6.07 Å². The lowest BCUT2D eigenvalue weighted by atomic mass is 10.2. The van der Waals surface area contributed by atoms with Crippen LogP contribution in [-0.4, -0.2) is 13.4 Å². The number of benzene rings is 1. The summed E-state index contributed by atoms with van der Waals surface area (Å²) >= 11 is 5.76. The van der Waals surface area contributed by atoms with Gasteiger partial charge in [-0.1, -0.05) is 11.6 Å². The van der Waals surface area contributed by atoms with Gasteiger partial charge in [-0.25, -0.2) is 8.42 Å². The molecule has 2 rings (SSSR count). The average molecular weight is 294 g/mol. The Morgan fingerprint density at radius 1 is 1.21 bits per heavy atom. The average Bonchev–Trinajstić information content (AvgIpc) is 2.39. The summed E-state index contributed by atoms with van der Waals surface area (Å²) in [6.45, 7) is 0. The fourth-order valence-corrected chi connectivity index (χ4v) is 2.64. The van der Waals surface area contributed by atoms with Crippen LogP contribution in [-0.2, 0) is 10.0 Å². The lowest BCUT2D eigenvalue weighted by molar-refractivity contribution is 0.601. The van der Waals surface area contributed by atoms with Crippen molar-refractivity contribution in [3.05, 3.63) is 53.3 Å². The van der Waals surface area contributed by atoms with Crippen LogP contribution in [0.2, 0.25) is 5.02 Å². The number of anilines is 1. The molecule has 1 aromatic heterocycles. The maximum absolute atomic E-state index is 12.1. The zero-order chi connectivity index (χ0) is 13.9. The third kappa shape index (κ3) is 3.02. The van der Waals surface area contributed by atoms with Crippen molar-refractivity contribution in [2.45, 2.75) is 4.90 Å². The molecule has 5 nitrogen and oxygen atoms in total. The van der Waals surface area contributed by atoms with Crippen LogP contribution in [0, 0.1) is 11.3 Å². The smallest absolute Gasteiger partial charge is 0.261 e. The number of nitrogens with one attached hydrogen (secondary N) is 1. The molecule has 96 valence electrons.